The van der Waals surface area contributed by atoms with Crippen LogP contribution in [0.25, 0.3) is 0 Å². The van der Waals surface area contributed by atoms with Crippen LogP contribution in [0.5, 0.6) is 0 Å². The first-order valence-corrected chi connectivity index (χ1v) is 3.10. The van der Waals surface area contributed by atoms with Gasteiger partial charge in [-0.3, -0.25) is 4.79 Å². The Labute approximate surface area is 67.0 Å². The quantitative estimate of drug-likeness (QED) is 0.514. The van der Waals surface area contributed by atoms with E-state index < -0.39 is 11.2 Å². The van der Waals surface area contributed by atoms with Crippen molar-refractivity contribution in [1.29, 1.82) is 0 Å². The summed E-state index contributed by atoms with van der Waals surface area (Å²) in [5.74, 6) is -0.775. The number of nitrogens with two attached hydrogens (primary N) is 1. The summed E-state index contributed by atoms with van der Waals surface area (Å²) in [6, 6.07) is 0.894. The number of pyridine rings is 1. The Bertz CT molecular complexity index is 303. The number of nitrogens with zero attached hydrogens (tertiary/aromatic N) is 1. The van der Waals surface area contributed by atoms with E-state index in [0.717, 1.165) is 12.3 Å². The minimum atomic E-state index is -0.788. The lowest BCUT2D eigenvalue weighted by Crippen LogP contribution is -1.99. The SMILES string of the molecule is Nc1cnc(F)cc1C(=O)Cl. The molecule has 1 rings (SSSR count). The first-order valence-electron chi connectivity index (χ1n) is 2.72. The van der Waals surface area contributed by atoms with Gasteiger partial charge in [0.1, 0.15) is 0 Å². The van der Waals surface area contributed by atoms with Gasteiger partial charge in [0.2, 0.25) is 5.95 Å². The van der Waals surface area contributed by atoms with Crippen molar-refractivity contribution in [2.45, 2.75) is 0 Å². The van der Waals surface area contributed by atoms with Crippen LogP contribution < -0.4 is 5.73 Å². The molecular formula is C6H4ClFN2O. The van der Waals surface area contributed by atoms with Crippen LogP contribution in [0.4, 0.5) is 10.1 Å². The van der Waals surface area contributed by atoms with E-state index in [0.29, 0.717) is 0 Å². The molecule has 0 aromatic carbocycles. The highest BCUT2D eigenvalue weighted by Crippen LogP contribution is 2.12. The Morgan fingerprint density at radius 3 is 2.82 bits per heavy atom. The third-order valence-electron chi connectivity index (χ3n) is 1.11. The number of anilines is 1. The lowest BCUT2D eigenvalue weighted by atomic mass is 10.2. The summed E-state index contributed by atoms with van der Waals surface area (Å²) in [5.41, 5.74) is 5.27. The molecule has 0 spiro atoms. The summed E-state index contributed by atoms with van der Waals surface area (Å²) in [6.07, 6.45) is 1.05. The van der Waals surface area contributed by atoms with E-state index in [1.54, 1.807) is 0 Å². The first kappa shape index (κ1) is 7.94. The molecule has 1 aromatic heterocycles. The van der Waals surface area contributed by atoms with E-state index in [2.05, 4.69) is 4.98 Å². The van der Waals surface area contributed by atoms with Crippen LogP contribution >= 0.6 is 11.6 Å². The van der Waals surface area contributed by atoms with Crippen LogP contribution in [-0.2, 0) is 0 Å². The summed E-state index contributed by atoms with van der Waals surface area (Å²) < 4.78 is 12.3. The Kier molecular flexibility index (Phi) is 2.05. The van der Waals surface area contributed by atoms with Crippen LogP contribution in [0.2, 0.25) is 0 Å². The number of nitrogen functional groups attached to an aromatic ring is 1. The van der Waals surface area contributed by atoms with Crippen LogP contribution in [0, 0.1) is 5.95 Å². The molecule has 0 aliphatic heterocycles. The molecule has 3 nitrogen and oxygen atoms in total. The molecule has 11 heavy (non-hydrogen) atoms. The number of carbonyl (C=O) groups excluding carboxylic acids is 1. The molecule has 5 heteroatoms. The van der Waals surface area contributed by atoms with E-state index in [1.807, 2.05) is 0 Å². The van der Waals surface area contributed by atoms with Gasteiger partial charge in [0.15, 0.2) is 0 Å². The second kappa shape index (κ2) is 2.84. The zero-order chi connectivity index (χ0) is 8.43. The number of hydrogen-bond acceptors (Lipinski definition) is 3. The third kappa shape index (κ3) is 1.65. The highest BCUT2D eigenvalue weighted by molar-refractivity contribution is 6.68. The van der Waals surface area contributed by atoms with Gasteiger partial charge in [-0.25, -0.2) is 4.98 Å². The lowest BCUT2D eigenvalue weighted by molar-refractivity contribution is 0.108. The van der Waals surface area contributed by atoms with Gasteiger partial charge in [0, 0.05) is 6.07 Å². The van der Waals surface area contributed by atoms with Gasteiger partial charge in [-0.1, -0.05) is 0 Å². The minimum Gasteiger partial charge on any atom is -0.397 e. The van der Waals surface area contributed by atoms with Gasteiger partial charge in [0.25, 0.3) is 5.24 Å². The normalized spacial score (nSPS) is 9.64. The maximum absolute atomic E-state index is 12.3. The molecule has 0 aliphatic rings. The number of carbonyl (C=O) groups is 1. The van der Waals surface area contributed by atoms with E-state index in [-0.39, 0.29) is 11.3 Å². The molecule has 0 radical (unpaired) electrons. The fourth-order valence-corrected chi connectivity index (χ4v) is 0.774. The molecule has 0 amide bonds. The van der Waals surface area contributed by atoms with Gasteiger partial charge in [0.05, 0.1) is 17.4 Å². The topological polar surface area (TPSA) is 56.0 Å². The maximum atomic E-state index is 12.3. The van der Waals surface area contributed by atoms with E-state index in [9.17, 15) is 9.18 Å². The Morgan fingerprint density at radius 1 is 1.73 bits per heavy atom. The molecule has 1 heterocycles. The van der Waals surface area contributed by atoms with Crippen molar-refractivity contribution < 1.29 is 9.18 Å². The molecule has 0 saturated heterocycles. The molecule has 0 unspecified atom stereocenters. The number of aromatic nitrogens is 1. The maximum Gasteiger partial charge on any atom is 0.254 e. The molecular weight excluding hydrogens is 171 g/mol. The molecule has 0 aliphatic carbocycles. The zero-order valence-corrected chi connectivity index (χ0v) is 6.10. The largest absolute Gasteiger partial charge is 0.397 e. The summed E-state index contributed by atoms with van der Waals surface area (Å²) in [5, 5.41) is -0.788. The summed E-state index contributed by atoms with van der Waals surface area (Å²) in [4.78, 5) is 13.7. The van der Waals surface area contributed by atoms with Crippen LogP contribution in [0.1, 0.15) is 10.4 Å². The highest BCUT2D eigenvalue weighted by Gasteiger charge is 2.07. The van der Waals surface area contributed by atoms with E-state index in [1.165, 1.54) is 0 Å². The number of halogens is 2. The average molecular weight is 175 g/mol. The van der Waals surface area contributed by atoms with Gasteiger partial charge >= 0.3 is 0 Å². The highest BCUT2D eigenvalue weighted by atomic mass is 35.5. The second-order valence-corrected chi connectivity index (χ2v) is 2.21. The molecule has 58 valence electrons. The van der Waals surface area contributed by atoms with Crippen molar-refractivity contribution in [3.8, 4) is 0 Å². The Hall–Kier alpha value is -1.16. The molecule has 0 atom stereocenters. The zero-order valence-electron chi connectivity index (χ0n) is 5.34. The van der Waals surface area contributed by atoms with Crippen LogP contribution in [0.3, 0.4) is 0 Å². The Morgan fingerprint density at radius 2 is 2.36 bits per heavy atom. The smallest absolute Gasteiger partial charge is 0.254 e. The van der Waals surface area contributed by atoms with Gasteiger partial charge < -0.3 is 5.73 Å². The summed E-state index contributed by atoms with van der Waals surface area (Å²) in [6.45, 7) is 0. The van der Waals surface area contributed by atoms with Gasteiger partial charge in [-0.15, -0.1) is 0 Å². The van der Waals surface area contributed by atoms with Crippen molar-refractivity contribution in [2.24, 2.45) is 0 Å². The van der Waals surface area contributed by atoms with Crippen molar-refractivity contribution in [3.05, 3.63) is 23.8 Å². The van der Waals surface area contributed by atoms with Crippen molar-refractivity contribution in [3.63, 3.8) is 0 Å². The Balaban J connectivity index is 3.23. The number of hydrogen-bond donors (Lipinski definition) is 1. The van der Waals surface area contributed by atoms with Crippen molar-refractivity contribution >= 4 is 22.5 Å². The fraction of sp³-hybridized carbons (Fsp3) is 0. The fourth-order valence-electron chi connectivity index (χ4n) is 0.611. The van der Waals surface area contributed by atoms with Gasteiger partial charge in [-0.2, -0.15) is 4.39 Å². The van der Waals surface area contributed by atoms with Crippen molar-refractivity contribution in [1.82, 2.24) is 4.98 Å². The summed E-state index contributed by atoms with van der Waals surface area (Å²) >= 11 is 5.07. The van der Waals surface area contributed by atoms with Crippen LogP contribution in [0.15, 0.2) is 12.3 Å². The average Bonchev–Trinajstić information content (AvgIpc) is 1.94. The van der Waals surface area contributed by atoms with Gasteiger partial charge in [-0.05, 0) is 11.6 Å². The predicted molar refractivity (Wildman–Crippen MR) is 38.8 cm³/mol. The first-order chi connectivity index (χ1) is 5.11. The number of rotatable bonds is 1. The molecule has 1 aromatic rings. The van der Waals surface area contributed by atoms with Crippen LogP contribution in [-0.4, -0.2) is 10.2 Å². The monoisotopic (exact) mass is 174 g/mol. The minimum absolute atomic E-state index is 0.0563. The molecule has 2 N–H and O–H groups in total. The third-order valence-corrected chi connectivity index (χ3v) is 1.32. The second-order valence-electron chi connectivity index (χ2n) is 1.87. The molecule has 0 bridgehead atoms. The van der Waals surface area contributed by atoms with E-state index in [4.69, 9.17) is 17.3 Å². The standard InChI is InChI=1S/C6H4ClFN2O/c7-6(11)3-1-5(8)10-2-4(3)9/h1-2H,9H2. The van der Waals surface area contributed by atoms with E-state index >= 15 is 0 Å². The lowest BCUT2D eigenvalue weighted by Gasteiger charge is -1.97. The molecule has 0 fully saturated rings. The predicted octanol–water partition coefficient (Wildman–Crippen LogP) is 1.18. The molecule has 0 saturated carbocycles. The van der Waals surface area contributed by atoms with Crippen molar-refractivity contribution in [2.75, 3.05) is 5.73 Å². The summed E-state index contributed by atoms with van der Waals surface area (Å²) in [7, 11) is 0.